The maximum Gasteiger partial charge on any atom is 0.101 e. The summed E-state index contributed by atoms with van der Waals surface area (Å²) in [6.07, 6.45) is 6.75. The summed E-state index contributed by atoms with van der Waals surface area (Å²) in [4.78, 5) is 0. The monoisotopic (exact) mass is 137 g/mol. The van der Waals surface area contributed by atoms with Crippen molar-refractivity contribution in [2.24, 2.45) is 0 Å². The maximum atomic E-state index is 4.15. The molecule has 1 aliphatic rings. The van der Waals surface area contributed by atoms with Crippen molar-refractivity contribution in [3.8, 4) is 0 Å². The van der Waals surface area contributed by atoms with Crippen molar-refractivity contribution in [3.05, 3.63) is 18.5 Å². The van der Waals surface area contributed by atoms with Gasteiger partial charge in [-0.05, 0) is 25.5 Å². The molecule has 0 radical (unpaired) electrons. The number of hydrogen-bond donors (Lipinski definition) is 1. The minimum atomic E-state index is 0.454. The number of nitrogens with zero attached hydrogens (tertiary/aromatic N) is 2. The highest BCUT2D eigenvalue weighted by molar-refractivity contribution is 4.82. The molecule has 1 aromatic heterocycles. The summed E-state index contributed by atoms with van der Waals surface area (Å²) in [6.45, 7) is 1.13. The Morgan fingerprint density at radius 3 is 3.20 bits per heavy atom. The first-order valence-corrected chi connectivity index (χ1v) is 3.69. The fourth-order valence-electron chi connectivity index (χ4n) is 1.36. The Hall–Kier alpha value is -0.830. The third-order valence-corrected chi connectivity index (χ3v) is 1.88. The van der Waals surface area contributed by atoms with Crippen molar-refractivity contribution in [1.82, 2.24) is 15.1 Å². The molecular weight excluding hydrogens is 126 g/mol. The van der Waals surface area contributed by atoms with Crippen LogP contribution in [0.3, 0.4) is 0 Å². The molecule has 3 heteroatoms. The van der Waals surface area contributed by atoms with E-state index in [2.05, 4.69) is 10.4 Å². The van der Waals surface area contributed by atoms with Crippen molar-refractivity contribution in [1.29, 1.82) is 0 Å². The van der Waals surface area contributed by atoms with E-state index in [1.54, 1.807) is 0 Å². The van der Waals surface area contributed by atoms with E-state index >= 15 is 0 Å². The van der Waals surface area contributed by atoms with Crippen molar-refractivity contribution in [2.75, 3.05) is 6.54 Å². The zero-order valence-electron chi connectivity index (χ0n) is 5.83. The number of nitrogens with one attached hydrogen (secondary N) is 1. The molecule has 10 heavy (non-hydrogen) atoms. The third kappa shape index (κ3) is 0.926. The minimum Gasteiger partial charge on any atom is -0.296 e. The van der Waals surface area contributed by atoms with Gasteiger partial charge in [0, 0.05) is 12.4 Å². The first-order chi connectivity index (χ1) is 4.97. The standard InChI is InChI=1S/C7H11N3/c1-3-7(8-4-1)10-6-2-5-9-10/h2,5-8H,1,3-4H2/t7-/m0/s1. The molecule has 2 rings (SSSR count). The largest absolute Gasteiger partial charge is 0.296 e. The van der Waals surface area contributed by atoms with Crippen molar-refractivity contribution >= 4 is 0 Å². The molecule has 0 unspecified atom stereocenters. The second-order valence-electron chi connectivity index (χ2n) is 2.60. The molecule has 2 heterocycles. The van der Waals surface area contributed by atoms with E-state index in [0.717, 1.165) is 6.54 Å². The molecule has 0 aromatic carbocycles. The summed E-state index contributed by atoms with van der Waals surface area (Å²) < 4.78 is 1.98. The van der Waals surface area contributed by atoms with Crippen molar-refractivity contribution < 1.29 is 0 Å². The van der Waals surface area contributed by atoms with Crippen LogP contribution < -0.4 is 5.32 Å². The maximum absolute atomic E-state index is 4.15. The summed E-state index contributed by atoms with van der Waals surface area (Å²) in [5.41, 5.74) is 0. The zero-order chi connectivity index (χ0) is 6.81. The SMILES string of the molecule is c1cnn([C@H]2CCCN2)c1. The molecular formula is C7H11N3. The summed E-state index contributed by atoms with van der Waals surface area (Å²) in [6, 6.07) is 1.96. The van der Waals surface area contributed by atoms with Gasteiger partial charge in [0.2, 0.25) is 0 Å². The Morgan fingerprint density at radius 2 is 2.60 bits per heavy atom. The lowest BCUT2D eigenvalue weighted by molar-refractivity contribution is 0.425. The van der Waals surface area contributed by atoms with Gasteiger partial charge in [0.05, 0.1) is 0 Å². The number of rotatable bonds is 1. The van der Waals surface area contributed by atoms with Gasteiger partial charge in [-0.1, -0.05) is 0 Å². The predicted molar refractivity (Wildman–Crippen MR) is 38.5 cm³/mol. The molecule has 1 aliphatic heterocycles. The molecule has 1 atom stereocenters. The average molecular weight is 137 g/mol. The molecule has 1 fully saturated rings. The topological polar surface area (TPSA) is 29.9 Å². The van der Waals surface area contributed by atoms with Crippen LogP contribution in [0.2, 0.25) is 0 Å². The molecule has 0 saturated carbocycles. The molecule has 0 aliphatic carbocycles. The third-order valence-electron chi connectivity index (χ3n) is 1.88. The van der Waals surface area contributed by atoms with Crippen LogP contribution in [0, 0.1) is 0 Å². The summed E-state index contributed by atoms with van der Waals surface area (Å²) in [5, 5.41) is 7.51. The molecule has 54 valence electrons. The van der Waals surface area contributed by atoms with E-state index in [1.165, 1.54) is 12.8 Å². The number of hydrogen-bond acceptors (Lipinski definition) is 2. The second kappa shape index (κ2) is 2.42. The van der Waals surface area contributed by atoms with Crippen molar-refractivity contribution in [3.63, 3.8) is 0 Å². The van der Waals surface area contributed by atoms with Gasteiger partial charge in [0.15, 0.2) is 0 Å². The Labute approximate surface area is 60.0 Å². The van der Waals surface area contributed by atoms with Gasteiger partial charge < -0.3 is 0 Å². The summed E-state index contributed by atoms with van der Waals surface area (Å²) in [5.74, 6) is 0. The normalized spacial score (nSPS) is 25.4. The first-order valence-electron chi connectivity index (χ1n) is 3.69. The Bertz CT molecular complexity index is 187. The quantitative estimate of drug-likeness (QED) is 0.619. The molecule has 0 bridgehead atoms. The molecule has 1 saturated heterocycles. The van der Waals surface area contributed by atoms with Crippen molar-refractivity contribution in [2.45, 2.75) is 19.0 Å². The molecule has 3 nitrogen and oxygen atoms in total. The summed E-state index contributed by atoms with van der Waals surface area (Å²) in [7, 11) is 0. The van der Waals surface area contributed by atoms with E-state index < -0.39 is 0 Å². The molecule has 1 aromatic rings. The minimum absolute atomic E-state index is 0.454. The smallest absolute Gasteiger partial charge is 0.101 e. The average Bonchev–Trinajstić information content (AvgIpc) is 2.59. The van der Waals surface area contributed by atoms with Gasteiger partial charge in [-0.2, -0.15) is 5.10 Å². The van der Waals surface area contributed by atoms with Crippen LogP contribution in [-0.4, -0.2) is 16.3 Å². The fourth-order valence-corrected chi connectivity index (χ4v) is 1.36. The van der Waals surface area contributed by atoms with E-state index in [0.29, 0.717) is 6.17 Å². The highest BCUT2D eigenvalue weighted by atomic mass is 15.4. The van der Waals surface area contributed by atoms with E-state index in [9.17, 15) is 0 Å². The van der Waals surface area contributed by atoms with Gasteiger partial charge in [-0.25, -0.2) is 0 Å². The Kier molecular flexibility index (Phi) is 1.43. The van der Waals surface area contributed by atoms with Crippen LogP contribution in [0.25, 0.3) is 0 Å². The van der Waals surface area contributed by atoms with Crippen LogP contribution in [-0.2, 0) is 0 Å². The zero-order valence-corrected chi connectivity index (χ0v) is 5.83. The molecule has 0 spiro atoms. The van der Waals surface area contributed by atoms with Gasteiger partial charge >= 0.3 is 0 Å². The van der Waals surface area contributed by atoms with Gasteiger partial charge in [-0.3, -0.25) is 10.00 Å². The Balaban J connectivity index is 2.12. The lowest BCUT2D eigenvalue weighted by Crippen LogP contribution is -2.19. The second-order valence-corrected chi connectivity index (χ2v) is 2.60. The van der Waals surface area contributed by atoms with Gasteiger partial charge in [0.1, 0.15) is 6.17 Å². The van der Waals surface area contributed by atoms with E-state index in [1.807, 2.05) is 23.1 Å². The van der Waals surface area contributed by atoms with Crippen LogP contribution >= 0.6 is 0 Å². The highest BCUT2D eigenvalue weighted by Crippen LogP contribution is 2.13. The van der Waals surface area contributed by atoms with Crippen LogP contribution in [0.5, 0.6) is 0 Å². The predicted octanol–water partition coefficient (Wildman–Crippen LogP) is 0.765. The lowest BCUT2D eigenvalue weighted by atomic mass is 10.3. The molecule has 1 N–H and O–H groups in total. The van der Waals surface area contributed by atoms with E-state index in [4.69, 9.17) is 0 Å². The first kappa shape index (κ1) is 5.92. The van der Waals surface area contributed by atoms with Gasteiger partial charge in [-0.15, -0.1) is 0 Å². The van der Waals surface area contributed by atoms with Gasteiger partial charge in [0.25, 0.3) is 0 Å². The van der Waals surface area contributed by atoms with Crippen LogP contribution in [0.1, 0.15) is 19.0 Å². The van der Waals surface area contributed by atoms with Crippen LogP contribution in [0.15, 0.2) is 18.5 Å². The summed E-state index contributed by atoms with van der Waals surface area (Å²) >= 11 is 0. The fraction of sp³-hybridized carbons (Fsp3) is 0.571. The lowest BCUT2D eigenvalue weighted by Gasteiger charge is -2.09. The van der Waals surface area contributed by atoms with Crippen LogP contribution in [0.4, 0.5) is 0 Å². The Morgan fingerprint density at radius 1 is 1.60 bits per heavy atom. The highest BCUT2D eigenvalue weighted by Gasteiger charge is 2.14. The number of aromatic nitrogens is 2. The van der Waals surface area contributed by atoms with E-state index in [-0.39, 0.29) is 0 Å². The molecule has 0 amide bonds.